The highest BCUT2D eigenvalue weighted by atomic mass is 16.1. The number of ketones is 3. The Bertz CT molecular complexity index is 444. The summed E-state index contributed by atoms with van der Waals surface area (Å²) in [5, 5.41) is 0. The van der Waals surface area contributed by atoms with E-state index in [1.807, 2.05) is 6.92 Å². The maximum Gasteiger partial charge on any atom is 0.138 e. The predicted octanol–water partition coefficient (Wildman–Crippen LogP) is 4.91. The molecule has 0 aliphatic heterocycles. The first-order chi connectivity index (χ1) is 11.5. The standard InChI is InChI=1S/C21H34O3/c1-15(21(24)18-11-12-18)7-6-10-20(23)14-19(16(2)22)13-17-8-4-3-5-9-17/h15,17-19H,3-14H2,1-2H3. The number of hydrogen-bond acceptors (Lipinski definition) is 3. The molecule has 0 radical (unpaired) electrons. The van der Waals surface area contributed by atoms with E-state index in [1.165, 1.54) is 32.1 Å². The Morgan fingerprint density at radius 1 is 1.00 bits per heavy atom. The molecule has 0 aromatic carbocycles. The van der Waals surface area contributed by atoms with Crippen LogP contribution in [0, 0.1) is 23.7 Å². The van der Waals surface area contributed by atoms with Gasteiger partial charge in [-0.2, -0.15) is 0 Å². The lowest BCUT2D eigenvalue weighted by Gasteiger charge is -2.25. The first kappa shape index (κ1) is 19.3. The molecule has 2 fully saturated rings. The van der Waals surface area contributed by atoms with E-state index in [0.29, 0.717) is 30.5 Å². The summed E-state index contributed by atoms with van der Waals surface area (Å²) in [6.45, 7) is 3.63. The Labute approximate surface area is 147 Å². The first-order valence-corrected chi connectivity index (χ1v) is 10.0. The van der Waals surface area contributed by atoms with Gasteiger partial charge in [0.2, 0.25) is 0 Å². The zero-order chi connectivity index (χ0) is 17.5. The average Bonchev–Trinajstić information content (AvgIpc) is 3.39. The Morgan fingerprint density at radius 2 is 1.67 bits per heavy atom. The van der Waals surface area contributed by atoms with Crippen molar-refractivity contribution in [3.05, 3.63) is 0 Å². The summed E-state index contributed by atoms with van der Waals surface area (Å²) in [5.41, 5.74) is 0. The molecule has 2 saturated carbocycles. The van der Waals surface area contributed by atoms with Crippen LogP contribution in [0.5, 0.6) is 0 Å². The molecule has 3 heteroatoms. The van der Waals surface area contributed by atoms with E-state index in [4.69, 9.17) is 0 Å². The van der Waals surface area contributed by atoms with E-state index in [9.17, 15) is 14.4 Å². The fourth-order valence-corrected chi connectivity index (χ4v) is 4.11. The number of rotatable bonds is 11. The van der Waals surface area contributed by atoms with Crippen LogP contribution in [-0.4, -0.2) is 17.3 Å². The molecule has 2 aliphatic rings. The summed E-state index contributed by atoms with van der Waals surface area (Å²) < 4.78 is 0. The lowest BCUT2D eigenvalue weighted by atomic mass is 9.80. The molecule has 136 valence electrons. The number of Topliss-reactive ketones (excluding diaryl/α,β-unsaturated/α-hetero) is 3. The van der Waals surface area contributed by atoms with Crippen LogP contribution in [0.2, 0.25) is 0 Å². The van der Waals surface area contributed by atoms with Gasteiger partial charge in [0.25, 0.3) is 0 Å². The summed E-state index contributed by atoms with van der Waals surface area (Å²) >= 11 is 0. The Balaban J connectivity index is 1.67. The molecule has 0 N–H and O–H groups in total. The molecule has 24 heavy (non-hydrogen) atoms. The van der Waals surface area contributed by atoms with Crippen molar-refractivity contribution in [2.24, 2.45) is 23.7 Å². The van der Waals surface area contributed by atoms with Gasteiger partial charge in [-0.05, 0) is 44.9 Å². The first-order valence-electron chi connectivity index (χ1n) is 10.0. The predicted molar refractivity (Wildman–Crippen MR) is 95.7 cm³/mol. The van der Waals surface area contributed by atoms with Crippen LogP contribution in [0.25, 0.3) is 0 Å². The molecule has 2 atom stereocenters. The van der Waals surface area contributed by atoms with Crippen LogP contribution in [0.1, 0.15) is 90.9 Å². The maximum absolute atomic E-state index is 12.3. The molecule has 0 heterocycles. The van der Waals surface area contributed by atoms with E-state index in [2.05, 4.69) is 0 Å². The highest BCUT2D eigenvalue weighted by Crippen LogP contribution is 2.34. The largest absolute Gasteiger partial charge is 0.300 e. The van der Waals surface area contributed by atoms with Gasteiger partial charge in [-0.15, -0.1) is 0 Å². The van der Waals surface area contributed by atoms with Crippen LogP contribution >= 0.6 is 0 Å². The number of carbonyl (C=O) groups is 3. The third kappa shape index (κ3) is 6.49. The second-order valence-corrected chi connectivity index (χ2v) is 8.26. The minimum atomic E-state index is -0.0777. The minimum Gasteiger partial charge on any atom is -0.300 e. The molecular weight excluding hydrogens is 300 g/mol. The summed E-state index contributed by atoms with van der Waals surface area (Å²) in [6, 6.07) is 0. The SMILES string of the molecule is CC(=O)C(CC(=O)CCCC(C)C(=O)C1CC1)CC1CCCCC1. The molecule has 2 unspecified atom stereocenters. The second-order valence-electron chi connectivity index (χ2n) is 8.26. The minimum absolute atomic E-state index is 0.0777. The molecule has 2 rings (SSSR count). The molecule has 0 saturated heterocycles. The smallest absolute Gasteiger partial charge is 0.138 e. The van der Waals surface area contributed by atoms with Gasteiger partial charge < -0.3 is 0 Å². The Hall–Kier alpha value is -0.990. The van der Waals surface area contributed by atoms with Gasteiger partial charge >= 0.3 is 0 Å². The van der Waals surface area contributed by atoms with Crippen LogP contribution in [0.3, 0.4) is 0 Å². The third-order valence-electron chi connectivity index (χ3n) is 5.95. The lowest BCUT2D eigenvalue weighted by Crippen LogP contribution is -2.21. The molecule has 3 nitrogen and oxygen atoms in total. The van der Waals surface area contributed by atoms with Gasteiger partial charge in [0.15, 0.2) is 0 Å². The zero-order valence-electron chi connectivity index (χ0n) is 15.5. The topological polar surface area (TPSA) is 51.2 Å². The molecule has 0 spiro atoms. The van der Waals surface area contributed by atoms with Crippen LogP contribution in [0.15, 0.2) is 0 Å². The fraction of sp³-hybridized carbons (Fsp3) is 0.857. The van der Waals surface area contributed by atoms with E-state index < -0.39 is 0 Å². The normalized spacial score (nSPS) is 21.2. The maximum atomic E-state index is 12.3. The van der Waals surface area contributed by atoms with E-state index in [-0.39, 0.29) is 23.4 Å². The van der Waals surface area contributed by atoms with E-state index in [1.54, 1.807) is 6.92 Å². The van der Waals surface area contributed by atoms with Crippen molar-refractivity contribution in [2.45, 2.75) is 90.9 Å². The van der Waals surface area contributed by atoms with Crippen molar-refractivity contribution in [2.75, 3.05) is 0 Å². The zero-order valence-corrected chi connectivity index (χ0v) is 15.5. The third-order valence-corrected chi connectivity index (χ3v) is 5.95. The van der Waals surface area contributed by atoms with Crippen molar-refractivity contribution in [3.63, 3.8) is 0 Å². The van der Waals surface area contributed by atoms with Crippen molar-refractivity contribution < 1.29 is 14.4 Å². The number of carbonyl (C=O) groups excluding carboxylic acids is 3. The second kappa shape index (κ2) is 9.48. The molecular formula is C21H34O3. The van der Waals surface area contributed by atoms with Gasteiger partial charge in [0.1, 0.15) is 17.3 Å². The average molecular weight is 335 g/mol. The van der Waals surface area contributed by atoms with Gasteiger partial charge in [-0.1, -0.05) is 39.0 Å². The fourth-order valence-electron chi connectivity index (χ4n) is 4.11. The highest BCUT2D eigenvalue weighted by molar-refractivity contribution is 5.87. The summed E-state index contributed by atoms with van der Waals surface area (Å²) in [5.74, 6) is 1.73. The molecule has 0 amide bonds. The van der Waals surface area contributed by atoms with Crippen molar-refractivity contribution in [1.82, 2.24) is 0 Å². The highest BCUT2D eigenvalue weighted by Gasteiger charge is 2.32. The van der Waals surface area contributed by atoms with Crippen molar-refractivity contribution in [3.8, 4) is 0 Å². The van der Waals surface area contributed by atoms with Crippen molar-refractivity contribution >= 4 is 17.3 Å². The Morgan fingerprint density at radius 3 is 2.25 bits per heavy atom. The molecule has 2 aliphatic carbocycles. The Kier molecular flexibility index (Phi) is 7.64. The molecule has 0 bridgehead atoms. The molecule has 0 aromatic rings. The monoisotopic (exact) mass is 334 g/mol. The van der Waals surface area contributed by atoms with Crippen LogP contribution in [0.4, 0.5) is 0 Å². The summed E-state index contributed by atoms with van der Waals surface area (Å²) in [6.07, 6.45) is 11.9. The van der Waals surface area contributed by atoms with Gasteiger partial charge in [-0.25, -0.2) is 0 Å². The lowest BCUT2D eigenvalue weighted by molar-refractivity contribution is -0.127. The quantitative estimate of drug-likeness (QED) is 0.539. The molecule has 0 aromatic heterocycles. The summed E-state index contributed by atoms with van der Waals surface area (Å²) in [4.78, 5) is 36.1. The number of hydrogen-bond donors (Lipinski definition) is 0. The summed E-state index contributed by atoms with van der Waals surface area (Å²) in [7, 11) is 0. The van der Waals surface area contributed by atoms with Crippen LogP contribution in [-0.2, 0) is 14.4 Å². The van der Waals surface area contributed by atoms with Crippen molar-refractivity contribution in [1.29, 1.82) is 0 Å². The van der Waals surface area contributed by atoms with E-state index in [0.717, 1.165) is 32.1 Å². The van der Waals surface area contributed by atoms with Gasteiger partial charge in [0.05, 0.1) is 0 Å². The van der Waals surface area contributed by atoms with Gasteiger partial charge in [-0.3, -0.25) is 14.4 Å². The van der Waals surface area contributed by atoms with Gasteiger partial charge in [0, 0.05) is 30.6 Å². The van der Waals surface area contributed by atoms with Crippen LogP contribution < -0.4 is 0 Å². The van der Waals surface area contributed by atoms with E-state index >= 15 is 0 Å².